The first kappa shape index (κ1) is 25.5. The lowest BCUT2D eigenvalue weighted by molar-refractivity contribution is -0.137. The van der Waals surface area contributed by atoms with E-state index in [1.165, 1.54) is 42.5 Å². The summed E-state index contributed by atoms with van der Waals surface area (Å²) in [6.07, 6.45) is 2.23. The van der Waals surface area contributed by atoms with Crippen LogP contribution in [0.5, 0.6) is 0 Å². The van der Waals surface area contributed by atoms with E-state index in [4.69, 9.17) is 0 Å². The Labute approximate surface area is 210 Å². The van der Waals surface area contributed by atoms with Crippen molar-refractivity contribution in [3.63, 3.8) is 0 Å². The average molecular weight is 489 g/mol. The SMILES string of the molecule is CCCCCc1ccc(CCc2ccc3c(F)c(C#Cc4ccc(C(F)(F)F)cc4)ccc3c2)cc1. The van der Waals surface area contributed by atoms with Gasteiger partial charge in [0.2, 0.25) is 0 Å². The van der Waals surface area contributed by atoms with Crippen LogP contribution in [0.2, 0.25) is 0 Å². The molecule has 36 heavy (non-hydrogen) atoms. The van der Waals surface area contributed by atoms with Gasteiger partial charge in [0.1, 0.15) is 5.82 Å². The van der Waals surface area contributed by atoms with Gasteiger partial charge in [0.25, 0.3) is 0 Å². The molecule has 4 aromatic rings. The van der Waals surface area contributed by atoms with Crippen molar-refractivity contribution < 1.29 is 17.6 Å². The molecule has 0 atom stereocenters. The highest BCUT2D eigenvalue weighted by Crippen LogP contribution is 2.29. The predicted molar refractivity (Wildman–Crippen MR) is 138 cm³/mol. The summed E-state index contributed by atoms with van der Waals surface area (Å²) in [5.74, 6) is 5.09. The molecule has 0 unspecified atom stereocenters. The minimum absolute atomic E-state index is 0.217. The number of aryl methyl sites for hydroxylation is 3. The van der Waals surface area contributed by atoms with E-state index in [1.54, 1.807) is 12.1 Å². The number of hydrogen-bond acceptors (Lipinski definition) is 0. The lowest BCUT2D eigenvalue weighted by atomic mass is 9.98. The first-order valence-electron chi connectivity index (χ1n) is 12.3. The van der Waals surface area contributed by atoms with Crippen molar-refractivity contribution in [1.29, 1.82) is 0 Å². The van der Waals surface area contributed by atoms with Crippen LogP contribution < -0.4 is 0 Å². The molecule has 4 rings (SSSR count). The van der Waals surface area contributed by atoms with Crippen molar-refractivity contribution >= 4 is 10.8 Å². The lowest BCUT2D eigenvalue weighted by Crippen LogP contribution is -2.04. The zero-order valence-electron chi connectivity index (χ0n) is 20.3. The molecule has 0 radical (unpaired) electrons. The second-order valence-electron chi connectivity index (χ2n) is 9.08. The maximum Gasteiger partial charge on any atom is 0.416 e. The zero-order chi connectivity index (χ0) is 25.5. The minimum Gasteiger partial charge on any atom is -0.205 e. The van der Waals surface area contributed by atoms with Gasteiger partial charge in [0.15, 0.2) is 0 Å². The number of hydrogen-bond donors (Lipinski definition) is 0. The Morgan fingerprint density at radius 3 is 1.97 bits per heavy atom. The van der Waals surface area contributed by atoms with Gasteiger partial charge >= 0.3 is 6.18 Å². The van der Waals surface area contributed by atoms with E-state index in [0.29, 0.717) is 10.9 Å². The Bertz CT molecular complexity index is 1370. The van der Waals surface area contributed by atoms with Crippen molar-refractivity contribution in [2.24, 2.45) is 0 Å². The molecule has 0 aliphatic carbocycles. The van der Waals surface area contributed by atoms with Crippen LogP contribution >= 0.6 is 0 Å². The molecule has 0 bridgehead atoms. The first-order valence-corrected chi connectivity index (χ1v) is 12.3. The van der Waals surface area contributed by atoms with E-state index in [2.05, 4.69) is 43.0 Å². The molecular formula is C32H28F4. The molecule has 0 aliphatic heterocycles. The quantitative estimate of drug-likeness (QED) is 0.138. The summed E-state index contributed by atoms with van der Waals surface area (Å²) in [5, 5.41) is 1.28. The Morgan fingerprint density at radius 2 is 1.31 bits per heavy atom. The summed E-state index contributed by atoms with van der Waals surface area (Å²) in [4.78, 5) is 0. The smallest absolute Gasteiger partial charge is 0.205 e. The number of rotatable bonds is 7. The second kappa shape index (κ2) is 11.4. The van der Waals surface area contributed by atoms with Crippen LogP contribution in [0.25, 0.3) is 10.8 Å². The van der Waals surface area contributed by atoms with Gasteiger partial charge < -0.3 is 0 Å². The van der Waals surface area contributed by atoms with Gasteiger partial charge in [-0.15, -0.1) is 0 Å². The van der Waals surface area contributed by atoms with Crippen LogP contribution in [-0.4, -0.2) is 0 Å². The van der Waals surface area contributed by atoms with E-state index >= 15 is 4.39 Å². The predicted octanol–water partition coefficient (Wildman–Crippen LogP) is 8.92. The Kier molecular flexibility index (Phi) is 8.10. The molecule has 0 N–H and O–H groups in total. The fourth-order valence-corrected chi connectivity index (χ4v) is 4.22. The standard InChI is InChI=1S/C32H28F4/c1-2-3-4-5-23-6-8-24(9-7-23)10-11-26-15-21-30-28(22-26)18-17-27(31(30)33)16-12-25-13-19-29(20-14-25)32(34,35)36/h6-9,13-15,17-22H,2-5,10-11H2,1H3. The third kappa shape index (κ3) is 6.55. The van der Waals surface area contributed by atoms with E-state index in [-0.39, 0.29) is 5.56 Å². The Morgan fingerprint density at radius 1 is 0.667 bits per heavy atom. The van der Waals surface area contributed by atoms with Crippen LogP contribution in [0.15, 0.2) is 78.9 Å². The van der Waals surface area contributed by atoms with E-state index in [1.807, 2.05) is 18.2 Å². The van der Waals surface area contributed by atoms with Crippen LogP contribution in [0.4, 0.5) is 17.6 Å². The monoisotopic (exact) mass is 488 g/mol. The molecule has 0 amide bonds. The molecule has 0 aliphatic rings. The number of alkyl halides is 3. The summed E-state index contributed by atoms with van der Waals surface area (Å²) < 4.78 is 53.2. The van der Waals surface area contributed by atoms with Crippen LogP contribution in [0.1, 0.15) is 59.6 Å². The highest BCUT2D eigenvalue weighted by Gasteiger charge is 2.29. The van der Waals surface area contributed by atoms with Crippen LogP contribution in [0, 0.1) is 17.7 Å². The summed E-state index contributed by atoms with van der Waals surface area (Å²) in [6, 6.07) is 22.5. The number of benzene rings is 4. The van der Waals surface area contributed by atoms with Gasteiger partial charge in [-0.2, -0.15) is 13.2 Å². The van der Waals surface area contributed by atoms with Gasteiger partial charge in [-0.25, -0.2) is 4.39 Å². The van der Waals surface area contributed by atoms with Crippen molar-refractivity contribution in [3.8, 4) is 11.8 Å². The summed E-state index contributed by atoms with van der Waals surface area (Å²) in [6.45, 7) is 2.21. The average Bonchev–Trinajstić information content (AvgIpc) is 2.88. The van der Waals surface area contributed by atoms with Crippen molar-refractivity contribution in [2.75, 3.05) is 0 Å². The van der Waals surface area contributed by atoms with E-state index in [9.17, 15) is 13.2 Å². The highest BCUT2D eigenvalue weighted by atomic mass is 19.4. The van der Waals surface area contributed by atoms with Gasteiger partial charge in [-0.1, -0.05) is 80.1 Å². The number of halogens is 4. The lowest BCUT2D eigenvalue weighted by Gasteiger charge is -2.07. The maximum absolute atomic E-state index is 15.1. The molecule has 0 nitrogen and oxygen atoms in total. The summed E-state index contributed by atoms with van der Waals surface area (Å²) in [5.41, 5.74) is 3.68. The van der Waals surface area contributed by atoms with E-state index in [0.717, 1.165) is 42.3 Å². The molecule has 0 heterocycles. The summed E-state index contributed by atoms with van der Waals surface area (Å²) >= 11 is 0. The van der Waals surface area contributed by atoms with Gasteiger partial charge in [0.05, 0.1) is 11.1 Å². The van der Waals surface area contributed by atoms with Crippen molar-refractivity contribution in [3.05, 3.63) is 118 Å². The molecular weight excluding hydrogens is 460 g/mol. The molecule has 4 aromatic carbocycles. The Balaban J connectivity index is 1.43. The van der Waals surface area contributed by atoms with Gasteiger partial charge in [-0.3, -0.25) is 0 Å². The first-order chi connectivity index (χ1) is 17.3. The molecule has 4 heteroatoms. The van der Waals surface area contributed by atoms with Gasteiger partial charge in [-0.05, 0) is 78.1 Å². The molecule has 0 spiro atoms. The van der Waals surface area contributed by atoms with Crippen molar-refractivity contribution in [2.45, 2.75) is 51.6 Å². The molecule has 0 saturated heterocycles. The highest BCUT2D eigenvalue weighted by molar-refractivity contribution is 5.85. The zero-order valence-corrected chi connectivity index (χ0v) is 20.3. The van der Waals surface area contributed by atoms with Crippen molar-refractivity contribution in [1.82, 2.24) is 0 Å². The van der Waals surface area contributed by atoms with Crippen LogP contribution in [-0.2, 0) is 25.4 Å². The van der Waals surface area contributed by atoms with E-state index < -0.39 is 17.6 Å². The fraction of sp³-hybridized carbons (Fsp3) is 0.250. The third-order valence-corrected chi connectivity index (χ3v) is 6.37. The normalized spacial score (nSPS) is 11.4. The topological polar surface area (TPSA) is 0 Å². The van der Waals surface area contributed by atoms with Crippen LogP contribution in [0.3, 0.4) is 0 Å². The summed E-state index contributed by atoms with van der Waals surface area (Å²) in [7, 11) is 0. The number of fused-ring (bicyclic) bond motifs is 1. The maximum atomic E-state index is 15.1. The Hall–Kier alpha value is -3.58. The number of unbranched alkanes of at least 4 members (excludes halogenated alkanes) is 2. The second-order valence-corrected chi connectivity index (χ2v) is 9.08. The molecule has 184 valence electrons. The largest absolute Gasteiger partial charge is 0.416 e. The van der Waals surface area contributed by atoms with Gasteiger partial charge in [0, 0.05) is 10.9 Å². The minimum atomic E-state index is -4.40. The molecule has 0 saturated carbocycles. The molecule has 0 aromatic heterocycles. The molecule has 0 fully saturated rings. The fourth-order valence-electron chi connectivity index (χ4n) is 4.22. The third-order valence-electron chi connectivity index (χ3n) is 6.37.